The van der Waals surface area contributed by atoms with Gasteiger partial charge in [0.25, 0.3) is 0 Å². The van der Waals surface area contributed by atoms with E-state index in [1.54, 1.807) is 0 Å². The van der Waals surface area contributed by atoms with E-state index in [1.165, 1.54) is 5.56 Å². The Kier molecular flexibility index (Phi) is 5.44. The molecule has 0 aliphatic carbocycles. The number of likely N-dealkylation sites (N-methyl/N-ethyl adjacent to an activating group) is 1. The molecule has 1 fully saturated rings. The summed E-state index contributed by atoms with van der Waals surface area (Å²) in [7, 11) is 2.13. The maximum Gasteiger partial charge on any atom is 0.0747 e. The van der Waals surface area contributed by atoms with E-state index in [9.17, 15) is 0 Å². The normalized spacial score (nSPS) is 25.9. The Balaban J connectivity index is 2.07. The van der Waals surface area contributed by atoms with Crippen LogP contribution >= 0.6 is 11.6 Å². The van der Waals surface area contributed by atoms with E-state index < -0.39 is 0 Å². The lowest BCUT2D eigenvalue weighted by Gasteiger charge is -2.36. The molecule has 0 radical (unpaired) electrons. The summed E-state index contributed by atoms with van der Waals surface area (Å²) < 4.78 is 6.00. The molecule has 2 rings (SSSR count). The number of halogens is 1. The zero-order chi connectivity index (χ0) is 14.7. The van der Waals surface area contributed by atoms with Gasteiger partial charge in [-0.2, -0.15) is 0 Å². The monoisotopic (exact) mass is 296 g/mol. The highest BCUT2D eigenvalue weighted by Gasteiger charge is 2.33. The van der Waals surface area contributed by atoms with Crippen LogP contribution in [0, 0.1) is 0 Å². The molecule has 20 heavy (non-hydrogen) atoms. The molecule has 3 nitrogen and oxygen atoms in total. The van der Waals surface area contributed by atoms with Crippen LogP contribution in [0.5, 0.6) is 0 Å². The van der Waals surface area contributed by atoms with Gasteiger partial charge in [0, 0.05) is 23.7 Å². The molecule has 1 heterocycles. The Morgan fingerprint density at radius 2 is 2.00 bits per heavy atom. The molecule has 4 unspecified atom stereocenters. The first kappa shape index (κ1) is 15.8. The van der Waals surface area contributed by atoms with Crippen LogP contribution in [0.4, 0.5) is 0 Å². The van der Waals surface area contributed by atoms with Crippen molar-refractivity contribution in [2.24, 2.45) is 5.73 Å². The van der Waals surface area contributed by atoms with E-state index in [1.807, 2.05) is 12.1 Å². The van der Waals surface area contributed by atoms with Gasteiger partial charge < -0.3 is 10.5 Å². The minimum Gasteiger partial charge on any atom is -0.374 e. The van der Waals surface area contributed by atoms with E-state index in [-0.39, 0.29) is 12.1 Å². The predicted octanol–water partition coefficient (Wildman–Crippen LogP) is 3.23. The Morgan fingerprint density at radius 1 is 1.35 bits per heavy atom. The SMILES string of the molecule is CC1CCC(C(CN)N(C)C(C)c2ccc(Cl)cc2)O1. The van der Waals surface area contributed by atoms with Gasteiger partial charge in [-0.15, -0.1) is 0 Å². The van der Waals surface area contributed by atoms with Crippen LogP contribution in [0.15, 0.2) is 24.3 Å². The van der Waals surface area contributed by atoms with Crippen LogP contribution in [0.1, 0.15) is 38.3 Å². The Hall–Kier alpha value is -0.610. The molecular weight excluding hydrogens is 272 g/mol. The van der Waals surface area contributed by atoms with Crippen LogP contribution in [0.2, 0.25) is 5.02 Å². The largest absolute Gasteiger partial charge is 0.374 e. The molecule has 112 valence electrons. The van der Waals surface area contributed by atoms with Gasteiger partial charge in [0.1, 0.15) is 0 Å². The molecule has 0 spiro atoms. The quantitative estimate of drug-likeness (QED) is 0.906. The number of benzene rings is 1. The van der Waals surface area contributed by atoms with Gasteiger partial charge in [-0.05, 0) is 51.4 Å². The first-order valence-corrected chi connectivity index (χ1v) is 7.73. The molecule has 4 heteroatoms. The molecule has 1 saturated heterocycles. The van der Waals surface area contributed by atoms with Gasteiger partial charge >= 0.3 is 0 Å². The first-order chi connectivity index (χ1) is 9.52. The molecule has 1 aliphatic heterocycles. The van der Waals surface area contributed by atoms with E-state index in [2.05, 4.69) is 37.9 Å². The van der Waals surface area contributed by atoms with E-state index in [0.717, 1.165) is 17.9 Å². The smallest absolute Gasteiger partial charge is 0.0747 e. The average molecular weight is 297 g/mol. The second-order valence-corrected chi connectivity index (χ2v) is 6.19. The van der Waals surface area contributed by atoms with Crippen molar-refractivity contribution < 1.29 is 4.74 Å². The van der Waals surface area contributed by atoms with Crippen molar-refractivity contribution in [2.75, 3.05) is 13.6 Å². The maximum atomic E-state index is 6.00. The Morgan fingerprint density at radius 3 is 2.50 bits per heavy atom. The highest BCUT2D eigenvalue weighted by Crippen LogP contribution is 2.28. The highest BCUT2D eigenvalue weighted by molar-refractivity contribution is 6.30. The van der Waals surface area contributed by atoms with Crippen molar-refractivity contribution >= 4 is 11.6 Å². The summed E-state index contributed by atoms with van der Waals surface area (Å²) in [6.07, 6.45) is 2.83. The zero-order valence-electron chi connectivity index (χ0n) is 12.6. The standard InChI is InChI=1S/C16H25ClN2O/c1-11-4-9-16(20-11)15(10-18)19(3)12(2)13-5-7-14(17)8-6-13/h5-8,11-12,15-16H,4,9-10,18H2,1-3H3. The lowest BCUT2D eigenvalue weighted by atomic mass is 10.0. The van der Waals surface area contributed by atoms with Gasteiger partial charge in [0.2, 0.25) is 0 Å². The molecule has 0 saturated carbocycles. The fourth-order valence-electron chi connectivity index (χ4n) is 2.96. The second kappa shape index (κ2) is 6.90. The van der Waals surface area contributed by atoms with E-state index in [4.69, 9.17) is 22.1 Å². The molecule has 1 aromatic carbocycles. The number of ether oxygens (including phenoxy) is 1. The fourth-order valence-corrected chi connectivity index (χ4v) is 3.09. The van der Waals surface area contributed by atoms with Crippen LogP contribution in [0.3, 0.4) is 0 Å². The van der Waals surface area contributed by atoms with Gasteiger partial charge in [-0.1, -0.05) is 23.7 Å². The van der Waals surface area contributed by atoms with Crippen molar-refractivity contribution in [3.05, 3.63) is 34.9 Å². The molecule has 0 bridgehead atoms. The fraction of sp³-hybridized carbons (Fsp3) is 0.625. The summed E-state index contributed by atoms with van der Waals surface area (Å²) >= 11 is 5.95. The average Bonchev–Trinajstić information content (AvgIpc) is 2.86. The highest BCUT2D eigenvalue weighted by atomic mass is 35.5. The third-order valence-corrected chi connectivity index (χ3v) is 4.67. The zero-order valence-corrected chi connectivity index (χ0v) is 13.3. The number of hydrogen-bond donors (Lipinski definition) is 1. The predicted molar refractivity (Wildman–Crippen MR) is 84.0 cm³/mol. The summed E-state index contributed by atoms with van der Waals surface area (Å²) in [4.78, 5) is 2.33. The summed E-state index contributed by atoms with van der Waals surface area (Å²) in [5, 5.41) is 0.770. The molecule has 0 aromatic heterocycles. The van der Waals surface area contributed by atoms with Crippen molar-refractivity contribution in [3.8, 4) is 0 Å². The topological polar surface area (TPSA) is 38.5 Å². The van der Waals surface area contributed by atoms with Crippen molar-refractivity contribution in [1.82, 2.24) is 4.90 Å². The van der Waals surface area contributed by atoms with Crippen molar-refractivity contribution in [3.63, 3.8) is 0 Å². The van der Waals surface area contributed by atoms with Crippen molar-refractivity contribution in [1.29, 1.82) is 0 Å². The Labute approximate surface area is 127 Å². The maximum absolute atomic E-state index is 6.00. The van der Waals surface area contributed by atoms with Crippen LogP contribution in [-0.2, 0) is 4.74 Å². The third-order valence-electron chi connectivity index (χ3n) is 4.42. The molecule has 4 atom stereocenters. The van der Waals surface area contributed by atoms with E-state index >= 15 is 0 Å². The van der Waals surface area contributed by atoms with Gasteiger partial charge in [0.05, 0.1) is 12.2 Å². The minimum atomic E-state index is 0.245. The van der Waals surface area contributed by atoms with Gasteiger partial charge in [-0.25, -0.2) is 0 Å². The lowest BCUT2D eigenvalue weighted by molar-refractivity contribution is -0.00694. The number of hydrogen-bond acceptors (Lipinski definition) is 3. The molecule has 2 N–H and O–H groups in total. The summed E-state index contributed by atoms with van der Waals surface area (Å²) in [5.41, 5.74) is 7.25. The van der Waals surface area contributed by atoms with Crippen LogP contribution in [0.25, 0.3) is 0 Å². The molecular formula is C16H25ClN2O. The first-order valence-electron chi connectivity index (χ1n) is 7.36. The molecule has 1 aromatic rings. The summed E-state index contributed by atoms with van der Waals surface area (Å²) in [5.74, 6) is 0. The number of rotatable bonds is 5. The summed E-state index contributed by atoms with van der Waals surface area (Å²) in [6, 6.07) is 8.58. The number of nitrogens with two attached hydrogens (primary N) is 1. The minimum absolute atomic E-state index is 0.245. The van der Waals surface area contributed by atoms with Crippen LogP contribution < -0.4 is 5.73 Å². The van der Waals surface area contributed by atoms with Crippen LogP contribution in [-0.4, -0.2) is 36.7 Å². The lowest BCUT2D eigenvalue weighted by Crippen LogP contribution is -2.47. The van der Waals surface area contributed by atoms with E-state index in [0.29, 0.717) is 18.7 Å². The van der Waals surface area contributed by atoms with Gasteiger partial charge in [0.15, 0.2) is 0 Å². The van der Waals surface area contributed by atoms with Crippen molar-refractivity contribution in [2.45, 2.75) is 51.0 Å². The number of nitrogens with zero attached hydrogens (tertiary/aromatic N) is 1. The second-order valence-electron chi connectivity index (χ2n) is 5.76. The summed E-state index contributed by atoms with van der Waals surface area (Å²) in [6.45, 7) is 4.95. The molecule has 1 aliphatic rings. The molecule has 0 amide bonds. The van der Waals surface area contributed by atoms with Gasteiger partial charge in [-0.3, -0.25) is 4.90 Å². The third kappa shape index (κ3) is 3.53. The Bertz CT molecular complexity index is 423.